The molecule has 0 amide bonds. The summed E-state index contributed by atoms with van der Waals surface area (Å²) < 4.78 is 34.5. The standard InChI is InChI=1S/C35H52O11/c1-9-24(38)21-10-13-26(28(15-21)43-7)46-32(19-37)35(3,4)34(40)23-17-29(44-8)30(14-20(23)2)45-31(18-36)33(39)22-11-12-25(41-5)27(16-22)42-6/h9-13,15-16,20,23-24,29-34,36-40H,1,14,17-19H2,2-8H3/t20-,23?,24?,29?,30?,31?,32?,33?,34?/m0/s1. The maximum atomic E-state index is 11.8. The van der Waals surface area contributed by atoms with Crippen LogP contribution in [0.3, 0.4) is 0 Å². The fraction of sp³-hybridized carbons (Fsp3) is 0.600. The first-order valence-corrected chi connectivity index (χ1v) is 15.5. The van der Waals surface area contributed by atoms with E-state index in [1.165, 1.54) is 27.4 Å². The molecule has 0 aromatic heterocycles. The van der Waals surface area contributed by atoms with Crippen LogP contribution in [0.15, 0.2) is 49.1 Å². The van der Waals surface area contributed by atoms with Crippen molar-refractivity contribution in [3.8, 4) is 23.0 Å². The molecule has 0 aliphatic heterocycles. The largest absolute Gasteiger partial charge is 0.493 e. The summed E-state index contributed by atoms with van der Waals surface area (Å²) in [7, 11) is 6.09. The van der Waals surface area contributed by atoms with Gasteiger partial charge in [0.15, 0.2) is 23.0 Å². The van der Waals surface area contributed by atoms with E-state index >= 15 is 0 Å². The van der Waals surface area contributed by atoms with E-state index in [9.17, 15) is 25.5 Å². The first kappa shape index (κ1) is 37.6. The van der Waals surface area contributed by atoms with Crippen LogP contribution in [0.4, 0.5) is 0 Å². The molecule has 0 bridgehead atoms. The molecular weight excluding hydrogens is 596 g/mol. The zero-order chi connectivity index (χ0) is 34.2. The van der Waals surface area contributed by atoms with Gasteiger partial charge in [-0.2, -0.15) is 0 Å². The summed E-state index contributed by atoms with van der Waals surface area (Å²) in [4.78, 5) is 0. The highest BCUT2D eigenvalue weighted by atomic mass is 16.6. The minimum atomic E-state index is -1.14. The highest BCUT2D eigenvalue weighted by Crippen LogP contribution is 2.44. The van der Waals surface area contributed by atoms with Crippen molar-refractivity contribution < 1.29 is 54.0 Å². The van der Waals surface area contributed by atoms with Gasteiger partial charge in [0.1, 0.15) is 18.3 Å². The minimum absolute atomic E-state index is 0.0446. The molecule has 0 saturated heterocycles. The fourth-order valence-electron chi connectivity index (χ4n) is 6.29. The molecule has 0 heterocycles. The van der Waals surface area contributed by atoms with Crippen molar-refractivity contribution in [3.63, 3.8) is 0 Å². The zero-order valence-corrected chi connectivity index (χ0v) is 28.0. The van der Waals surface area contributed by atoms with Gasteiger partial charge in [0, 0.05) is 12.5 Å². The molecule has 8 unspecified atom stereocenters. The van der Waals surface area contributed by atoms with Gasteiger partial charge in [-0.3, -0.25) is 0 Å². The summed E-state index contributed by atoms with van der Waals surface area (Å²) in [5.74, 6) is 1.42. The lowest BCUT2D eigenvalue weighted by Crippen LogP contribution is -2.54. The van der Waals surface area contributed by atoms with Gasteiger partial charge in [-0.25, -0.2) is 0 Å². The Morgan fingerprint density at radius 2 is 1.41 bits per heavy atom. The second kappa shape index (κ2) is 16.8. The van der Waals surface area contributed by atoms with Gasteiger partial charge < -0.3 is 54.0 Å². The van der Waals surface area contributed by atoms with E-state index in [0.29, 0.717) is 47.0 Å². The Kier molecular flexibility index (Phi) is 13.7. The lowest BCUT2D eigenvalue weighted by molar-refractivity contribution is -0.179. The molecule has 9 atom stereocenters. The van der Waals surface area contributed by atoms with E-state index < -0.39 is 54.7 Å². The van der Waals surface area contributed by atoms with Crippen LogP contribution in [0.25, 0.3) is 0 Å². The van der Waals surface area contributed by atoms with Crippen molar-refractivity contribution in [2.75, 3.05) is 41.7 Å². The molecule has 46 heavy (non-hydrogen) atoms. The monoisotopic (exact) mass is 648 g/mol. The second-order valence-electron chi connectivity index (χ2n) is 12.5. The van der Waals surface area contributed by atoms with Crippen LogP contribution in [0, 0.1) is 17.3 Å². The molecule has 1 aliphatic rings. The Morgan fingerprint density at radius 3 is 1.98 bits per heavy atom. The quantitative estimate of drug-likeness (QED) is 0.160. The number of aliphatic hydroxyl groups is 5. The summed E-state index contributed by atoms with van der Waals surface area (Å²) in [6.07, 6.45) is -3.21. The van der Waals surface area contributed by atoms with Crippen molar-refractivity contribution in [2.24, 2.45) is 17.3 Å². The number of hydrogen-bond acceptors (Lipinski definition) is 11. The summed E-state index contributed by atoms with van der Waals surface area (Å²) >= 11 is 0. The van der Waals surface area contributed by atoms with Gasteiger partial charge in [-0.15, -0.1) is 6.58 Å². The number of benzene rings is 2. The van der Waals surface area contributed by atoms with E-state index in [2.05, 4.69) is 6.58 Å². The topological polar surface area (TPSA) is 157 Å². The Hall–Kier alpha value is -2.90. The van der Waals surface area contributed by atoms with Gasteiger partial charge in [-0.05, 0) is 60.1 Å². The Morgan fingerprint density at radius 1 is 0.826 bits per heavy atom. The van der Waals surface area contributed by atoms with Crippen molar-refractivity contribution in [2.45, 2.75) is 76.3 Å². The van der Waals surface area contributed by atoms with E-state index in [4.69, 9.17) is 28.4 Å². The minimum Gasteiger partial charge on any atom is -0.493 e. The molecule has 0 spiro atoms. The number of methoxy groups -OCH3 is 4. The van der Waals surface area contributed by atoms with Gasteiger partial charge in [0.25, 0.3) is 0 Å². The normalized spacial score (nSPS) is 23.5. The zero-order valence-electron chi connectivity index (χ0n) is 28.0. The number of hydrogen-bond donors (Lipinski definition) is 5. The molecule has 1 saturated carbocycles. The Labute approximate surface area is 272 Å². The predicted molar refractivity (Wildman–Crippen MR) is 172 cm³/mol. The van der Waals surface area contributed by atoms with Crippen LogP contribution < -0.4 is 18.9 Å². The van der Waals surface area contributed by atoms with Crippen LogP contribution in [-0.4, -0.2) is 97.7 Å². The maximum Gasteiger partial charge on any atom is 0.161 e. The van der Waals surface area contributed by atoms with Crippen LogP contribution in [0.2, 0.25) is 0 Å². The molecule has 258 valence electrons. The van der Waals surface area contributed by atoms with Gasteiger partial charge in [-0.1, -0.05) is 39.0 Å². The van der Waals surface area contributed by atoms with Crippen molar-refractivity contribution in [1.82, 2.24) is 0 Å². The number of ether oxygens (including phenoxy) is 6. The van der Waals surface area contributed by atoms with E-state index in [1.54, 1.807) is 43.5 Å². The molecule has 2 aromatic rings. The molecule has 11 heteroatoms. The summed E-state index contributed by atoms with van der Waals surface area (Å²) in [5, 5.41) is 53.7. The Balaban J connectivity index is 1.76. The lowest BCUT2D eigenvalue weighted by Gasteiger charge is -2.47. The van der Waals surface area contributed by atoms with Crippen molar-refractivity contribution in [3.05, 3.63) is 60.2 Å². The van der Waals surface area contributed by atoms with Gasteiger partial charge in [0.2, 0.25) is 0 Å². The third-order valence-electron chi connectivity index (χ3n) is 9.37. The van der Waals surface area contributed by atoms with Crippen LogP contribution in [-0.2, 0) is 9.47 Å². The summed E-state index contributed by atoms with van der Waals surface area (Å²) in [5.41, 5.74) is 0.168. The third-order valence-corrected chi connectivity index (χ3v) is 9.37. The van der Waals surface area contributed by atoms with E-state index in [-0.39, 0.29) is 18.4 Å². The molecule has 5 N–H and O–H groups in total. The average Bonchev–Trinajstić information content (AvgIpc) is 3.07. The molecular formula is C35H52O11. The molecule has 0 radical (unpaired) electrons. The van der Waals surface area contributed by atoms with Crippen LogP contribution in [0.5, 0.6) is 23.0 Å². The van der Waals surface area contributed by atoms with Crippen LogP contribution >= 0.6 is 0 Å². The smallest absolute Gasteiger partial charge is 0.161 e. The first-order valence-electron chi connectivity index (χ1n) is 15.5. The average molecular weight is 649 g/mol. The highest BCUT2D eigenvalue weighted by Gasteiger charge is 2.48. The van der Waals surface area contributed by atoms with Crippen LogP contribution in [0.1, 0.15) is 56.9 Å². The number of rotatable bonds is 17. The lowest BCUT2D eigenvalue weighted by atomic mass is 9.66. The third kappa shape index (κ3) is 8.32. The maximum absolute atomic E-state index is 11.8. The molecule has 11 nitrogen and oxygen atoms in total. The first-order chi connectivity index (χ1) is 21.9. The van der Waals surface area contributed by atoms with Crippen molar-refractivity contribution >= 4 is 0 Å². The van der Waals surface area contributed by atoms with Gasteiger partial charge in [0.05, 0.1) is 59.0 Å². The van der Waals surface area contributed by atoms with E-state index in [1.807, 2.05) is 20.8 Å². The Bertz CT molecular complexity index is 1250. The van der Waals surface area contributed by atoms with Crippen molar-refractivity contribution in [1.29, 1.82) is 0 Å². The highest BCUT2D eigenvalue weighted by molar-refractivity contribution is 5.45. The molecule has 3 rings (SSSR count). The molecule has 1 fully saturated rings. The predicted octanol–water partition coefficient (Wildman–Crippen LogP) is 3.60. The van der Waals surface area contributed by atoms with E-state index in [0.717, 1.165) is 0 Å². The molecule has 1 aliphatic carbocycles. The SMILES string of the molecule is C=CC(O)c1ccc(OC(CO)C(C)(C)C(O)C2CC(OC)C(OC(CO)C(O)c3ccc(OC)c(OC)c3)C[C@@H]2C)c(OC)c1. The van der Waals surface area contributed by atoms with Gasteiger partial charge >= 0.3 is 0 Å². The molecule has 2 aromatic carbocycles. The number of aliphatic hydroxyl groups excluding tert-OH is 5. The summed E-state index contributed by atoms with van der Waals surface area (Å²) in [6.45, 7) is 8.54. The second-order valence-corrected chi connectivity index (χ2v) is 12.5. The fourth-order valence-corrected chi connectivity index (χ4v) is 6.29. The summed E-state index contributed by atoms with van der Waals surface area (Å²) in [6, 6.07) is 10.0.